The molecular formula is C56H42N2. The third-order valence-corrected chi connectivity index (χ3v) is 11.3. The quantitative estimate of drug-likeness (QED) is 0.150. The maximum atomic E-state index is 2.41. The van der Waals surface area contributed by atoms with Gasteiger partial charge < -0.3 is 9.47 Å². The predicted molar refractivity (Wildman–Crippen MR) is 247 cm³/mol. The summed E-state index contributed by atoms with van der Waals surface area (Å²) in [6.45, 7) is 4.34. The highest BCUT2D eigenvalue weighted by Crippen LogP contribution is 2.39. The first-order valence-corrected chi connectivity index (χ1v) is 20.0. The number of rotatable bonds is 8. The van der Waals surface area contributed by atoms with E-state index in [1.54, 1.807) is 0 Å². The fraction of sp³-hybridized carbons (Fsp3) is 0.0357. The van der Waals surface area contributed by atoms with Crippen LogP contribution in [0, 0.1) is 13.8 Å². The number of fused-ring (bicyclic) bond motifs is 3. The maximum absolute atomic E-state index is 2.41. The Morgan fingerprint density at radius 1 is 0.293 bits per heavy atom. The van der Waals surface area contributed by atoms with Gasteiger partial charge in [0.25, 0.3) is 0 Å². The van der Waals surface area contributed by atoms with Crippen LogP contribution in [0.3, 0.4) is 0 Å². The molecule has 10 aromatic rings. The number of hydrogen-bond acceptors (Lipinski definition) is 1. The Bertz CT molecular complexity index is 2970. The number of hydrogen-bond donors (Lipinski definition) is 0. The van der Waals surface area contributed by atoms with Crippen LogP contribution in [0.1, 0.15) is 11.1 Å². The van der Waals surface area contributed by atoms with E-state index in [0.717, 1.165) is 22.7 Å². The lowest BCUT2D eigenvalue weighted by Gasteiger charge is -2.26. The summed E-state index contributed by atoms with van der Waals surface area (Å²) in [5.41, 5.74) is 19.0. The zero-order chi connectivity index (χ0) is 39.0. The minimum Gasteiger partial charge on any atom is -0.311 e. The highest BCUT2D eigenvalue weighted by Gasteiger charge is 2.16. The molecule has 2 nitrogen and oxygen atoms in total. The van der Waals surface area contributed by atoms with Crippen LogP contribution < -0.4 is 4.90 Å². The fourth-order valence-corrected chi connectivity index (χ4v) is 8.35. The molecule has 0 unspecified atom stereocenters. The minimum atomic E-state index is 1.10. The van der Waals surface area contributed by atoms with Crippen LogP contribution >= 0.6 is 0 Å². The fourth-order valence-electron chi connectivity index (χ4n) is 8.35. The molecule has 0 aliphatic heterocycles. The van der Waals surface area contributed by atoms with Crippen molar-refractivity contribution in [1.29, 1.82) is 0 Å². The Balaban J connectivity index is 1.01. The van der Waals surface area contributed by atoms with Crippen LogP contribution in [-0.2, 0) is 0 Å². The first kappa shape index (κ1) is 35.0. The van der Waals surface area contributed by atoms with Crippen molar-refractivity contribution in [3.05, 3.63) is 230 Å². The molecule has 0 aliphatic rings. The molecule has 9 aromatic carbocycles. The van der Waals surface area contributed by atoms with Gasteiger partial charge in [0.15, 0.2) is 0 Å². The molecule has 0 saturated heterocycles. The molecule has 276 valence electrons. The summed E-state index contributed by atoms with van der Waals surface area (Å²) in [5.74, 6) is 0. The lowest BCUT2D eigenvalue weighted by Crippen LogP contribution is -2.09. The second-order valence-corrected chi connectivity index (χ2v) is 15.2. The molecule has 1 aromatic heterocycles. The van der Waals surface area contributed by atoms with Gasteiger partial charge in [0.2, 0.25) is 0 Å². The largest absolute Gasteiger partial charge is 0.311 e. The molecule has 0 atom stereocenters. The lowest BCUT2D eigenvalue weighted by atomic mass is 9.98. The molecule has 2 heteroatoms. The molecule has 0 radical (unpaired) electrons. The van der Waals surface area contributed by atoms with Crippen molar-refractivity contribution in [2.45, 2.75) is 13.8 Å². The van der Waals surface area contributed by atoms with Gasteiger partial charge >= 0.3 is 0 Å². The van der Waals surface area contributed by atoms with E-state index < -0.39 is 0 Å². The monoisotopic (exact) mass is 742 g/mol. The summed E-state index contributed by atoms with van der Waals surface area (Å²) in [6.07, 6.45) is 0. The summed E-state index contributed by atoms with van der Waals surface area (Å²) >= 11 is 0. The van der Waals surface area contributed by atoms with Gasteiger partial charge in [-0.1, -0.05) is 151 Å². The SMILES string of the molecule is Cc1ccc2c(c1)c1cc(C)ccc1n2-c1cccc(-c2ccc(N(c3ccc(-c4ccccc4)cc3)c3ccc(-c4cccc(-c5ccccc5)c4)cc3)cc2)c1. The summed E-state index contributed by atoms with van der Waals surface area (Å²) in [6, 6.07) is 79.3. The average Bonchev–Trinajstić information content (AvgIpc) is 3.60. The number of aryl methyl sites for hydroxylation is 2. The van der Waals surface area contributed by atoms with Crippen LogP contribution in [0.5, 0.6) is 0 Å². The first-order valence-electron chi connectivity index (χ1n) is 20.0. The van der Waals surface area contributed by atoms with Crippen LogP contribution in [0.25, 0.3) is 72.0 Å². The van der Waals surface area contributed by atoms with Gasteiger partial charge in [0, 0.05) is 33.5 Å². The van der Waals surface area contributed by atoms with Crippen molar-refractivity contribution in [3.63, 3.8) is 0 Å². The van der Waals surface area contributed by atoms with Crippen LogP contribution in [0.4, 0.5) is 17.1 Å². The minimum absolute atomic E-state index is 1.10. The Morgan fingerprint density at radius 3 is 1.12 bits per heavy atom. The van der Waals surface area contributed by atoms with Gasteiger partial charge in [-0.3, -0.25) is 0 Å². The van der Waals surface area contributed by atoms with Crippen molar-refractivity contribution in [2.75, 3.05) is 4.90 Å². The van der Waals surface area contributed by atoms with Crippen molar-refractivity contribution >= 4 is 38.9 Å². The zero-order valence-corrected chi connectivity index (χ0v) is 32.7. The Hall–Kier alpha value is -7.42. The van der Waals surface area contributed by atoms with E-state index in [-0.39, 0.29) is 0 Å². The molecule has 0 spiro atoms. The molecule has 1 heterocycles. The van der Waals surface area contributed by atoms with E-state index in [1.807, 2.05) is 0 Å². The second-order valence-electron chi connectivity index (χ2n) is 15.2. The predicted octanol–water partition coefficient (Wildman–Crippen LogP) is 15.5. The van der Waals surface area contributed by atoms with Gasteiger partial charge in [-0.15, -0.1) is 0 Å². The molecule has 58 heavy (non-hydrogen) atoms. The maximum Gasteiger partial charge on any atom is 0.0541 e. The van der Waals surface area contributed by atoms with Gasteiger partial charge in [0.05, 0.1) is 11.0 Å². The van der Waals surface area contributed by atoms with Gasteiger partial charge in [-0.05, 0) is 137 Å². The van der Waals surface area contributed by atoms with E-state index in [2.05, 4.69) is 242 Å². The van der Waals surface area contributed by atoms with E-state index in [4.69, 9.17) is 0 Å². The van der Waals surface area contributed by atoms with Gasteiger partial charge in [-0.2, -0.15) is 0 Å². The first-order chi connectivity index (χ1) is 28.6. The molecule has 0 fully saturated rings. The molecule has 0 aliphatic carbocycles. The van der Waals surface area contributed by atoms with Crippen molar-refractivity contribution in [2.24, 2.45) is 0 Å². The molecule has 0 amide bonds. The average molecular weight is 743 g/mol. The van der Waals surface area contributed by atoms with Crippen molar-refractivity contribution in [1.82, 2.24) is 4.57 Å². The number of nitrogens with zero attached hydrogens (tertiary/aromatic N) is 2. The van der Waals surface area contributed by atoms with Gasteiger partial charge in [0.1, 0.15) is 0 Å². The smallest absolute Gasteiger partial charge is 0.0541 e. The third-order valence-electron chi connectivity index (χ3n) is 11.3. The van der Waals surface area contributed by atoms with E-state index in [0.29, 0.717) is 0 Å². The van der Waals surface area contributed by atoms with E-state index in [9.17, 15) is 0 Å². The summed E-state index contributed by atoms with van der Waals surface area (Å²) in [5, 5.41) is 2.58. The summed E-state index contributed by atoms with van der Waals surface area (Å²) < 4.78 is 2.41. The number of anilines is 3. The molecule has 0 N–H and O–H groups in total. The molecule has 0 bridgehead atoms. The lowest BCUT2D eigenvalue weighted by molar-refractivity contribution is 1.18. The van der Waals surface area contributed by atoms with Crippen molar-refractivity contribution in [3.8, 4) is 50.2 Å². The summed E-state index contributed by atoms with van der Waals surface area (Å²) in [4.78, 5) is 2.35. The molecule has 10 rings (SSSR count). The topological polar surface area (TPSA) is 8.17 Å². The van der Waals surface area contributed by atoms with Crippen LogP contribution in [0.2, 0.25) is 0 Å². The number of aromatic nitrogens is 1. The molecular weight excluding hydrogens is 701 g/mol. The Morgan fingerprint density at radius 2 is 0.655 bits per heavy atom. The van der Waals surface area contributed by atoms with Crippen molar-refractivity contribution < 1.29 is 0 Å². The van der Waals surface area contributed by atoms with E-state index >= 15 is 0 Å². The van der Waals surface area contributed by atoms with E-state index in [1.165, 1.54) is 77.4 Å². The Labute approximate surface area is 340 Å². The third kappa shape index (κ3) is 6.65. The zero-order valence-electron chi connectivity index (χ0n) is 32.7. The highest BCUT2D eigenvalue weighted by atomic mass is 15.1. The second kappa shape index (κ2) is 14.9. The number of benzene rings is 9. The highest BCUT2D eigenvalue weighted by molar-refractivity contribution is 6.09. The standard InChI is InChI=1S/C56H42N2/c1-39-19-33-55-53(35-39)54-36-40(2)20-34-56(54)58(55)52-18-10-17-48(38-52)45-25-31-51(32-26-45)57(49-27-21-43(22-28-49)41-11-5-3-6-12-41)50-29-23-44(24-30-50)47-16-9-15-46(37-47)42-13-7-4-8-14-42/h3-38H,1-2H3. The summed E-state index contributed by atoms with van der Waals surface area (Å²) in [7, 11) is 0. The molecule has 0 saturated carbocycles. The van der Waals surface area contributed by atoms with Crippen LogP contribution in [-0.4, -0.2) is 4.57 Å². The van der Waals surface area contributed by atoms with Gasteiger partial charge in [-0.25, -0.2) is 0 Å². The normalized spacial score (nSPS) is 11.3. The van der Waals surface area contributed by atoms with Crippen LogP contribution in [0.15, 0.2) is 218 Å². The Kier molecular flexibility index (Phi) is 9.01.